The summed E-state index contributed by atoms with van der Waals surface area (Å²) in [6.45, 7) is 5.52. The SMILES string of the molecule is CNC(=O)c1ccc(CCC(C(=O)OC(C)(C)C)N(C)C(=O)OCC2c3ccccc3-c3ccccc32)cc1OC. The first-order valence-electron chi connectivity index (χ1n) is 13.7. The molecule has 0 aromatic heterocycles. The van der Waals surface area contributed by atoms with Gasteiger partial charge in [-0.25, -0.2) is 9.59 Å². The summed E-state index contributed by atoms with van der Waals surface area (Å²) in [5.74, 6) is -0.427. The Morgan fingerprint density at radius 3 is 2.12 bits per heavy atom. The number of ether oxygens (including phenoxy) is 3. The van der Waals surface area contributed by atoms with Crippen molar-refractivity contribution in [2.24, 2.45) is 0 Å². The van der Waals surface area contributed by atoms with Crippen molar-refractivity contribution in [1.29, 1.82) is 0 Å². The summed E-state index contributed by atoms with van der Waals surface area (Å²) in [6.07, 6.45) is 0.128. The number of nitrogens with one attached hydrogen (secondary N) is 1. The van der Waals surface area contributed by atoms with Crippen molar-refractivity contribution in [1.82, 2.24) is 10.2 Å². The van der Waals surface area contributed by atoms with E-state index in [1.807, 2.05) is 30.3 Å². The van der Waals surface area contributed by atoms with Gasteiger partial charge in [0.2, 0.25) is 0 Å². The average molecular weight is 559 g/mol. The van der Waals surface area contributed by atoms with Crippen LogP contribution in [-0.4, -0.2) is 62.3 Å². The van der Waals surface area contributed by atoms with Crippen molar-refractivity contribution in [3.8, 4) is 16.9 Å². The maximum absolute atomic E-state index is 13.3. The molecule has 41 heavy (non-hydrogen) atoms. The van der Waals surface area contributed by atoms with Crippen LogP contribution in [0.4, 0.5) is 4.79 Å². The van der Waals surface area contributed by atoms with Gasteiger partial charge in [0.05, 0.1) is 12.7 Å². The molecule has 0 radical (unpaired) electrons. The molecule has 1 atom stereocenters. The van der Waals surface area contributed by atoms with Gasteiger partial charge < -0.3 is 19.5 Å². The lowest BCUT2D eigenvalue weighted by atomic mass is 9.98. The average Bonchev–Trinajstić information content (AvgIpc) is 3.28. The third-order valence-corrected chi connectivity index (χ3v) is 7.21. The summed E-state index contributed by atoms with van der Waals surface area (Å²) in [6, 6.07) is 20.6. The van der Waals surface area contributed by atoms with Crippen LogP contribution in [0.25, 0.3) is 11.1 Å². The molecule has 8 nitrogen and oxygen atoms in total. The summed E-state index contributed by atoms with van der Waals surface area (Å²) in [5.41, 5.74) is 5.05. The summed E-state index contributed by atoms with van der Waals surface area (Å²) in [5, 5.41) is 2.59. The van der Waals surface area contributed by atoms with Crippen LogP contribution in [0.3, 0.4) is 0 Å². The number of amides is 2. The molecule has 0 bridgehead atoms. The molecule has 0 saturated carbocycles. The third-order valence-electron chi connectivity index (χ3n) is 7.21. The number of carbonyl (C=O) groups is 3. The van der Waals surface area contributed by atoms with Gasteiger partial charge in [0.25, 0.3) is 5.91 Å². The second-order valence-corrected chi connectivity index (χ2v) is 11.1. The van der Waals surface area contributed by atoms with E-state index in [4.69, 9.17) is 14.2 Å². The first kappa shape index (κ1) is 29.6. The van der Waals surface area contributed by atoms with Crippen LogP contribution in [0.15, 0.2) is 66.7 Å². The van der Waals surface area contributed by atoms with Crippen LogP contribution < -0.4 is 10.1 Å². The predicted octanol–water partition coefficient (Wildman–Crippen LogP) is 5.58. The molecule has 8 heteroatoms. The Balaban J connectivity index is 1.50. The summed E-state index contributed by atoms with van der Waals surface area (Å²) >= 11 is 0. The Labute approximate surface area is 241 Å². The Kier molecular flexibility index (Phi) is 9.01. The van der Waals surface area contributed by atoms with Crippen molar-refractivity contribution >= 4 is 18.0 Å². The molecular weight excluding hydrogens is 520 g/mol. The zero-order valence-electron chi connectivity index (χ0n) is 24.5. The Hall–Kier alpha value is -4.33. The molecule has 4 rings (SSSR count). The fraction of sp³-hybridized carbons (Fsp3) is 0.364. The number of hydrogen-bond donors (Lipinski definition) is 1. The second kappa shape index (κ2) is 12.5. The van der Waals surface area contributed by atoms with Gasteiger partial charge in [-0.15, -0.1) is 0 Å². The van der Waals surface area contributed by atoms with Crippen molar-refractivity contribution in [2.75, 3.05) is 27.8 Å². The van der Waals surface area contributed by atoms with E-state index in [2.05, 4.69) is 29.6 Å². The van der Waals surface area contributed by atoms with Gasteiger partial charge >= 0.3 is 12.1 Å². The highest BCUT2D eigenvalue weighted by molar-refractivity contribution is 5.96. The zero-order valence-corrected chi connectivity index (χ0v) is 24.5. The minimum atomic E-state index is -0.880. The molecule has 0 aliphatic heterocycles. The molecule has 0 saturated heterocycles. The molecule has 3 aromatic rings. The van der Waals surface area contributed by atoms with Crippen LogP contribution in [-0.2, 0) is 20.7 Å². The van der Waals surface area contributed by atoms with E-state index >= 15 is 0 Å². The topological polar surface area (TPSA) is 94.2 Å². The number of nitrogens with zero attached hydrogens (tertiary/aromatic N) is 1. The predicted molar refractivity (Wildman–Crippen MR) is 157 cm³/mol. The number of rotatable bonds is 9. The molecular formula is C33H38N2O6. The number of carbonyl (C=O) groups excluding carboxylic acids is 3. The number of fused-ring (bicyclic) bond motifs is 3. The molecule has 3 aromatic carbocycles. The Bertz CT molecular complexity index is 1380. The zero-order chi connectivity index (χ0) is 29.7. The normalized spacial score (nSPS) is 13.0. The third kappa shape index (κ3) is 6.70. The van der Waals surface area contributed by atoms with E-state index in [0.29, 0.717) is 17.7 Å². The van der Waals surface area contributed by atoms with Crippen LogP contribution in [0.1, 0.15) is 60.2 Å². The Morgan fingerprint density at radius 1 is 0.951 bits per heavy atom. The largest absolute Gasteiger partial charge is 0.496 e. The maximum atomic E-state index is 13.3. The highest BCUT2D eigenvalue weighted by Crippen LogP contribution is 2.44. The first-order valence-corrected chi connectivity index (χ1v) is 13.7. The molecule has 0 fully saturated rings. The first-order chi connectivity index (χ1) is 19.5. The lowest BCUT2D eigenvalue weighted by Crippen LogP contribution is -2.46. The van der Waals surface area contributed by atoms with Gasteiger partial charge in [0.15, 0.2) is 0 Å². The summed E-state index contributed by atoms with van der Waals surface area (Å²) in [7, 11) is 4.61. The molecule has 1 unspecified atom stereocenters. The number of esters is 1. The molecule has 0 spiro atoms. The number of aryl methyl sites for hydroxylation is 1. The van der Waals surface area contributed by atoms with Crippen LogP contribution in [0, 0.1) is 0 Å². The van der Waals surface area contributed by atoms with Crippen molar-refractivity contribution in [3.63, 3.8) is 0 Å². The van der Waals surface area contributed by atoms with Crippen molar-refractivity contribution in [3.05, 3.63) is 89.0 Å². The van der Waals surface area contributed by atoms with Crippen LogP contribution in [0.2, 0.25) is 0 Å². The smallest absolute Gasteiger partial charge is 0.410 e. The van der Waals surface area contributed by atoms with Crippen molar-refractivity contribution < 1.29 is 28.6 Å². The number of methoxy groups -OCH3 is 1. The standard InChI is InChI=1S/C33H38N2O6/c1-33(2,3)41-31(37)28(18-16-21-15-17-26(30(36)34-4)29(19-21)39-6)35(5)32(38)40-20-27-24-13-9-7-11-22(24)23-12-8-10-14-25(23)27/h7-15,17,19,27-28H,16,18,20H2,1-6H3,(H,34,36). The molecule has 2 amide bonds. The summed E-state index contributed by atoms with van der Waals surface area (Å²) in [4.78, 5) is 40.1. The van der Waals surface area contributed by atoms with E-state index < -0.39 is 23.7 Å². The van der Waals surface area contributed by atoms with E-state index in [9.17, 15) is 14.4 Å². The minimum absolute atomic E-state index is 0.0916. The molecule has 0 heterocycles. The molecule has 1 aliphatic rings. The van der Waals surface area contributed by atoms with E-state index in [0.717, 1.165) is 27.8 Å². The molecule has 216 valence electrons. The second-order valence-electron chi connectivity index (χ2n) is 11.1. The van der Waals surface area contributed by atoms with Gasteiger partial charge in [-0.1, -0.05) is 54.6 Å². The van der Waals surface area contributed by atoms with E-state index in [1.165, 1.54) is 12.0 Å². The number of benzene rings is 3. The van der Waals surface area contributed by atoms with Gasteiger partial charge in [0.1, 0.15) is 24.0 Å². The number of hydrogen-bond acceptors (Lipinski definition) is 6. The van der Waals surface area contributed by atoms with E-state index in [1.54, 1.807) is 47.0 Å². The minimum Gasteiger partial charge on any atom is -0.496 e. The van der Waals surface area contributed by atoms with Crippen LogP contribution in [0.5, 0.6) is 5.75 Å². The van der Waals surface area contributed by atoms with Gasteiger partial charge in [-0.2, -0.15) is 0 Å². The molecule has 1 aliphatic carbocycles. The summed E-state index contributed by atoms with van der Waals surface area (Å²) < 4.78 is 16.9. The van der Waals surface area contributed by atoms with Gasteiger partial charge in [-0.05, 0) is 73.6 Å². The fourth-order valence-corrected chi connectivity index (χ4v) is 5.18. The van der Waals surface area contributed by atoms with Crippen LogP contribution >= 0.6 is 0 Å². The maximum Gasteiger partial charge on any atom is 0.410 e. The Morgan fingerprint density at radius 2 is 1.56 bits per heavy atom. The monoisotopic (exact) mass is 558 g/mol. The van der Waals surface area contributed by atoms with Gasteiger partial charge in [0, 0.05) is 20.0 Å². The van der Waals surface area contributed by atoms with E-state index in [-0.39, 0.29) is 24.9 Å². The lowest BCUT2D eigenvalue weighted by molar-refractivity contribution is -0.160. The van der Waals surface area contributed by atoms with Crippen molar-refractivity contribution in [2.45, 2.75) is 51.2 Å². The fourth-order valence-electron chi connectivity index (χ4n) is 5.18. The molecule has 1 N–H and O–H groups in total. The number of likely N-dealkylation sites (N-methyl/N-ethyl adjacent to an activating group) is 1. The lowest BCUT2D eigenvalue weighted by Gasteiger charge is -2.30. The highest BCUT2D eigenvalue weighted by atomic mass is 16.6. The quantitative estimate of drug-likeness (QED) is 0.345. The van der Waals surface area contributed by atoms with Gasteiger partial charge in [-0.3, -0.25) is 9.69 Å². The highest BCUT2D eigenvalue weighted by Gasteiger charge is 2.34.